The van der Waals surface area contributed by atoms with Crippen LogP contribution in [0.3, 0.4) is 0 Å². The fourth-order valence-electron chi connectivity index (χ4n) is 8.66. The van der Waals surface area contributed by atoms with Gasteiger partial charge in [-0.25, -0.2) is 0 Å². The van der Waals surface area contributed by atoms with Gasteiger partial charge in [0.15, 0.2) is 0 Å². The van der Waals surface area contributed by atoms with Gasteiger partial charge in [0.1, 0.15) is 0 Å². The Balaban J connectivity index is 0.991. The number of fused-ring (bicyclic) bond motifs is 1. The third-order valence-corrected chi connectivity index (χ3v) is 11.8. The van der Waals surface area contributed by atoms with E-state index in [1.807, 2.05) is 12.2 Å². The van der Waals surface area contributed by atoms with E-state index in [-0.39, 0.29) is 0 Å². The first kappa shape index (κ1) is 39.7. The summed E-state index contributed by atoms with van der Waals surface area (Å²) in [6.45, 7) is 3.87. The molecule has 2 heteroatoms. The van der Waals surface area contributed by atoms with Crippen LogP contribution in [0.5, 0.6) is 0 Å². The van der Waals surface area contributed by atoms with Gasteiger partial charge in [-0.15, -0.1) is 0 Å². The van der Waals surface area contributed by atoms with Gasteiger partial charge >= 0.3 is 0 Å². The molecule has 0 amide bonds. The van der Waals surface area contributed by atoms with Crippen LogP contribution in [0.15, 0.2) is 267 Å². The maximum Gasteiger partial charge on any atom is 0.0540 e. The van der Waals surface area contributed by atoms with E-state index in [2.05, 4.69) is 271 Å². The topological polar surface area (TPSA) is 6.48 Å². The van der Waals surface area contributed by atoms with Crippen LogP contribution >= 0.6 is 0 Å². The van der Waals surface area contributed by atoms with Gasteiger partial charge in [-0.05, 0) is 122 Å². The molecule has 0 heterocycles. The summed E-state index contributed by atoms with van der Waals surface area (Å²) >= 11 is 0. The second-order valence-electron chi connectivity index (χ2n) is 15.8. The van der Waals surface area contributed by atoms with Crippen molar-refractivity contribution in [3.8, 4) is 44.5 Å². The van der Waals surface area contributed by atoms with Crippen molar-refractivity contribution in [1.29, 1.82) is 0 Å². The number of nitrogens with zero attached hydrogens (tertiary/aromatic N) is 2. The van der Waals surface area contributed by atoms with Gasteiger partial charge in [0.05, 0.1) is 5.69 Å². The lowest BCUT2D eigenvalue weighted by molar-refractivity contribution is 1.28. The summed E-state index contributed by atoms with van der Waals surface area (Å²) in [5.74, 6) is 0. The molecule has 0 aliphatic carbocycles. The highest BCUT2D eigenvalue weighted by Gasteiger charge is 2.18. The molecule has 0 saturated carbocycles. The summed E-state index contributed by atoms with van der Waals surface area (Å²) in [5.41, 5.74) is 17.1. The van der Waals surface area contributed by atoms with Crippen molar-refractivity contribution in [2.75, 3.05) is 9.80 Å². The highest BCUT2D eigenvalue weighted by Crippen LogP contribution is 2.42. The predicted octanol–water partition coefficient (Wildman–Crippen LogP) is 17.6. The summed E-state index contributed by atoms with van der Waals surface area (Å²) in [7, 11) is 0. The number of allylic oxidation sites excluding steroid dienone is 2. The van der Waals surface area contributed by atoms with Gasteiger partial charge < -0.3 is 9.80 Å². The highest BCUT2D eigenvalue weighted by molar-refractivity contribution is 5.99. The van der Waals surface area contributed by atoms with E-state index in [1.165, 1.54) is 44.2 Å². The zero-order chi connectivity index (χ0) is 43.1. The summed E-state index contributed by atoms with van der Waals surface area (Å²) in [5, 5.41) is 2.41. The van der Waals surface area contributed by atoms with E-state index in [4.69, 9.17) is 0 Å². The van der Waals surface area contributed by atoms with Crippen molar-refractivity contribution in [2.45, 2.75) is 0 Å². The Hall–Kier alpha value is -8.46. The Labute approximate surface area is 376 Å². The molecular weight excluding hydrogens is 773 g/mol. The van der Waals surface area contributed by atoms with Crippen molar-refractivity contribution >= 4 is 51.0 Å². The van der Waals surface area contributed by atoms with Gasteiger partial charge in [0.25, 0.3) is 0 Å². The number of benzene rings is 10. The minimum atomic E-state index is 1.08. The Morgan fingerprint density at radius 2 is 0.734 bits per heavy atom. The molecule has 0 unspecified atom stereocenters. The van der Waals surface area contributed by atoms with Crippen LogP contribution in [0.1, 0.15) is 5.56 Å². The molecule has 0 aliphatic rings. The summed E-state index contributed by atoms with van der Waals surface area (Å²) in [6.07, 6.45) is 5.87. The predicted molar refractivity (Wildman–Crippen MR) is 274 cm³/mol. The fraction of sp³-hybridized carbons (Fsp3) is 0. The Morgan fingerprint density at radius 3 is 1.27 bits per heavy atom. The Bertz CT molecular complexity index is 3180. The van der Waals surface area contributed by atoms with E-state index < -0.39 is 0 Å². The van der Waals surface area contributed by atoms with Crippen LogP contribution in [-0.2, 0) is 0 Å². The molecule has 0 bridgehead atoms. The lowest BCUT2D eigenvalue weighted by Crippen LogP contribution is -2.10. The third-order valence-electron chi connectivity index (χ3n) is 11.8. The van der Waals surface area contributed by atoms with Crippen molar-refractivity contribution in [2.24, 2.45) is 0 Å². The number of hydrogen-bond acceptors (Lipinski definition) is 2. The maximum absolute atomic E-state index is 3.87. The highest BCUT2D eigenvalue weighted by atomic mass is 15.1. The van der Waals surface area contributed by atoms with Crippen molar-refractivity contribution in [3.05, 3.63) is 273 Å². The molecule has 10 aromatic rings. The first-order chi connectivity index (χ1) is 31.7. The molecule has 2 nitrogen and oxygen atoms in total. The molecule has 10 rings (SSSR count). The van der Waals surface area contributed by atoms with Crippen molar-refractivity contribution in [1.82, 2.24) is 0 Å². The number of hydrogen-bond donors (Lipinski definition) is 0. The molecule has 0 N–H and O–H groups in total. The van der Waals surface area contributed by atoms with Gasteiger partial charge in [0.2, 0.25) is 0 Å². The molecule has 0 saturated heterocycles. The fourth-order valence-corrected chi connectivity index (χ4v) is 8.66. The minimum Gasteiger partial charge on any atom is -0.310 e. The molecule has 64 heavy (non-hydrogen) atoms. The standard InChI is InChI=1S/C62H46N2/c1-2-3-16-46-17-14-24-58(45-46)63(54-37-29-49(30-38-54)47-18-6-4-7-19-47)55-41-33-52(34-42-55)59-25-12-13-26-60(59)53-35-43-57(44-36-53)64(62-28-15-23-51-22-10-11-27-61(51)62)56-39-31-50(32-40-56)48-20-8-5-9-21-48/h2-45H,1H2/b16-3-. The number of rotatable bonds is 12. The first-order valence-electron chi connectivity index (χ1n) is 21.8. The normalized spacial score (nSPS) is 11.1. The number of anilines is 6. The van der Waals surface area contributed by atoms with E-state index >= 15 is 0 Å². The lowest BCUT2D eigenvalue weighted by Gasteiger charge is -2.27. The second-order valence-corrected chi connectivity index (χ2v) is 15.8. The van der Waals surface area contributed by atoms with Crippen LogP contribution in [0, 0.1) is 0 Å². The average Bonchev–Trinajstić information content (AvgIpc) is 3.37. The van der Waals surface area contributed by atoms with Crippen LogP contribution in [0.2, 0.25) is 0 Å². The van der Waals surface area contributed by atoms with Crippen LogP contribution < -0.4 is 9.80 Å². The first-order valence-corrected chi connectivity index (χ1v) is 21.8. The summed E-state index contributed by atoms with van der Waals surface area (Å²) in [4.78, 5) is 4.70. The Morgan fingerprint density at radius 1 is 0.312 bits per heavy atom. The molecule has 0 fully saturated rings. The van der Waals surface area contributed by atoms with E-state index in [9.17, 15) is 0 Å². The smallest absolute Gasteiger partial charge is 0.0540 e. The zero-order valence-corrected chi connectivity index (χ0v) is 35.5. The summed E-state index contributed by atoms with van der Waals surface area (Å²) < 4.78 is 0. The lowest BCUT2D eigenvalue weighted by atomic mass is 9.94. The SMILES string of the molecule is C=C/C=C\c1cccc(N(c2ccc(-c3ccccc3)cc2)c2ccc(-c3ccccc3-c3ccc(N(c4ccc(-c5ccccc5)cc4)c4cccc5ccccc45)cc3)cc2)c1. The van der Waals surface area contributed by atoms with Gasteiger partial charge in [-0.1, -0.05) is 207 Å². The van der Waals surface area contributed by atoms with Crippen molar-refractivity contribution < 1.29 is 0 Å². The van der Waals surface area contributed by atoms with Crippen molar-refractivity contribution in [3.63, 3.8) is 0 Å². The molecular formula is C62H46N2. The molecule has 0 radical (unpaired) electrons. The average molecular weight is 819 g/mol. The molecule has 0 aromatic heterocycles. The maximum atomic E-state index is 3.87. The van der Waals surface area contributed by atoms with Crippen LogP contribution in [0.25, 0.3) is 61.4 Å². The van der Waals surface area contributed by atoms with Gasteiger partial charge in [-0.2, -0.15) is 0 Å². The summed E-state index contributed by atoms with van der Waals surface area (Å²) in [6, 6.07) is 89.3. The van der Waals surface area contributed by atoms with Gasteiger partial charge in [0, 0.05) is 33.8 Å². The Kier molecular flexibility index (Phi) is 11.3. The van der Waals surface area contributed by atoms with E-state index in [0.29, 0.717) is 0 Å². The van der Waals surface area contributed by atoms with Gasteiger partial charge in [-0.3, -0.25) is 0 Å². The largest absolute Gasteiger partial charge is 0.310 e. The van der Waals surface area contributed by atoms with Crippen LogP contribution in [0.4, 0.5) is 34.1 Å². The van der Waals surface area contributed by atoms with Crippen LogP contribution in [-0.4, -0.2) is 0 Å². The molecule has 304 valence electrons. The molecule has 10 aromatic carbocycles. The molecule has 0 aliphatic heterocycles. The third kappa shape index (κ3) is 8.29. The molecule has 0 atom stereocenters. The minimum absolute atomic E-state index is 1.08. The molecule has 0 spiro atoms. The van der Waals surface area contributed by atoms with E-state index in [0.717, 1.165) is 50.8 Å². The van der Waals surface area contributed by atoms with E-state index in [1.54, 1.807) is 0 Å². The quantitative estimate of drug-likeness (QED) is 0.113. The monoisotopic (exact) mass is 818 g/mol. The second kappa shape index (κ2) is 18.3. The zero-order valence-electron chi connectivity index (χ0n) is 35.5.